The first-order valence-electron chi connectivity index (χ1n) is 4.70. The first kappa shape index (κ1) is 10.2. The number of aromatic nitrogens is 2. The van der Waals surface area contributed by atoms with Gasteiger partial charge in [0.2, 0.25) is 0 Å². The molecule has 0 aliphatic rings. The maximum atomic E-state index is 11.8. The number of pyridine rings is 1. The Morgan fingerprint density at radius 1 is 1.62 bits per heavy atom. The molecule has 0 aliphatic carbocycles. The highest BCUT2D eigenvalue weighted by Crippen LogP contribution is 2.14. The Labute approximate surface area is 90.6 Å². The largest absolute Gasteiger partial charge is 0.478 e. The van der Waals surface area contributed by atoms with Crippen LogP contribution in [0.3, 0.4) is 0 Å². The number of nitrogens with zero attached hydrogens (tertiary/aromatic N) is 1. The SMILES string of the molecule is C=CCn1cc(C(=O)O)c2cc[nH]c2c1=O. The number of hydrogen-bond acceptors (Lipinski definition) is 2. The minimum atomic E-state index is -1.05. The quantitative estimate of drug-likeness (QED) is 0.760. The molecule has 5 heteroatoms. The van der Waals surface area contributed by atoms with Crippen LogP contribution in [0.2, 0.25) is 0 Å². The van der Waals surface area contributed by atoms with Gasteiger partial charge >= 0.3 is 5.97 Å². The third-order valence-corrected chi connectivity index (χ3v) is 2.35. The van der Waals surface area contributed by atoms with Crippen LogP contribution in [0.5, 0.6) is 0 Å². The number of carboxylic acids is 1. The van der Waals surface area contributed by atoms with Crippen molar-refractivity contribution in [3.05, 3.63) is 47.0 Å². The molecule has 5 nitrogen and oxygen atoms in total. The maximum Gasteiger partial charge on any atom is 0.337 e. The molecule has 0 aliphatic heterocycles. The van der Waals surface area contributed by atoms with Gasteiger partial charge in [-0.05, 0) is 6.07 Å². The molecule has 0 saturated heterocycles. The van der Waals surface area contributed by atoms with Gasteiger partial charge in [-0.15, -0.1) is 6.58 Å². The average molecular weight is 218 g/mol. The van der Waals surface area contributed by atoms with Crippen LogP contribution in [0.15, 0.2) is 35.9 Å². The summed E-state index contributed by atoms with van der Waals surface area (Å²) in [5.41, 5.74) is 0.171. The summed E-state index contributed by atoms with van der Waals surface area (Å²) in [6, 6.07) is 1.58. The summed E-state index contributed by atoms with van der Waals surface area (Å²) < 4.78 is 1.31. The van der Waals surface area contributed by atoms with Gasteiger partial charge in [-0.25, -0.2) is 4.79 Å². The number of allylic oxidation sites excluding steroid dienone is 1. The highest BCUT2D eigenvalue weighted by Gasteiger charge is 2.13. The van der Waals surface area contributed by atoms with Gasteiger partial charge in [0.05, 0.1) is 5.56 Å². The second-order valence-electron chi connectivity index (χ2n) is 3.36. The number of H-pyrrole nitrogens is 1. The molecular formula is C11H10N2O3. The molecule has 0 atom stereocenters. The van der Waals surface area contributed by atoms with Crippen molar-refractivity contribution >= 4 is 16.9 Å². The van der Waals surface area contributed by atoms with Gasteiger partial charge in [-0.1, -0.05) is 6.08 Å². The standard InChI is InChI=1S/C11H10N2O3/c1-2-5-13-6-8(11(15)16)7-3-4-12-9(7)10(13)14/h2-4,6,12H,1,5H2,(H,15,16). The smallest absolute Gasteiger partial charge is 0.337 e. The van der Waals surface area contributed by atoms with Crippen molar-refractivity contribution in [1.82, 2.24) is 9.55 Å². The van der Waals surface area contributed by atoms with E-state index < -0.39 is 5.97 Å². The lowest BCUT2D eigenvalue weighted by Crippen LogP contribution is -2.21. The molecule has 2 heterocycles. The highest BCUT2D eigenvalue weighted by atomic mass is 16.4. The first-order chi connectivity index (χ1) is 7.65. The van der Waals surface area contributed by atoms with Crippen molar-refractivity contribution in [3.63, 3.8) is 0 Å². The van der Waals surface area contributed by atoms with Crippen LogP contribution in [-0.4, -0.2) is 20.6 Å². The first-order valence-corrected chi connectivity index (χ1v) is 4.70. The molecule has 0 radical (unpaired) electrons. The summed E-state index contributed by atoms with van der Waals surface area (Å²) in [4.78, 5) is 25.6. The molecule has 0 spiro atoms. The summed E-state index contributed by atoms with van der Waals surface area (Å²) in [6.07, 6.45) is 4.43. The van der Waals surface area contributed by atoms with Crippen LogP contribution in [-0.2, 0) is 6.54 Å². The molecule has 0 fully saturated rings. The molecule has 0 amide bonds. The Morgan fingerprint density at radius 3 is 3.00 bits per heavy atom. The van der Waals surface area contributed by atoms with Gasteiger partial charge in [-0.2, -0.15) is 0 Å². The molecule has 0 aromatic carbocycles. The third-order valence-electron chi connectivity index (χ3n) is 2.35. The van der Waals surface area contributed by atoms with E-state index in [1.807, 2.05) is 0 Å². The van der Waals surface area contributed by atoms with Gasteiger partial charge < -0.3 is 14.7 Å². The summed E-state index contributed by atoms with van der Waals surface area (Å²) in [6.45, 7) is 3.81. The Kier molecular flexibility index (Phi) is 2.36. The van der Waals surface area contributed by atoms with E-state index in [0.29, 0.717) is 10.9 Å². The normalized spacial score (nSPS) is 10.5. The number of nitrogens with one attached hydrogen (secondary N) is 1. The number of fused-ring (bicyclic) bond motifs is 1. The lowest BCUT2D eigenvalue weighted by atomic mass is 10.2. The van der Waals surface area contributed by atoms with Crippen LogP contribution < -0.4 is 5.56 Å². The fourth-order valence-corrected chi connectivity index (χ4v) is 1.64. The van der Waals surface area contributed by atoms with Crippen molar-refractivity contribution in [2.75, 3.05) is 0 Å². The number of aromatic amines is 1. The van der Waals surface area contributed by atoms with Crippen LogP contribution >= 0.6 is 0 Å². The molecule has 2 rings (SSSR count). The fourth-order valence-electron chi connectivity index (χ4n) is 1.64. The van der Waals surface area contributed by atoms with E-state index in [4.69, 9.17) is 5.11 Å². The van der Waals surface area contributed by atoms with Gasteiger partial charge in [0.25, 0.3) is 5.56 Å². The highest BCUT2D eigenvalue weighted by molar-refractivity contribution is 6.02. The third kappa shape index (κ3) is 1.42. The Bertz CT molecular complexity index is 622. The Hall–Kier alpha value is -2.30. The zero-order chi connectivity index (χ0) is 11.7. The molecular weight excluding hydrogens is 208 g/mol. The summed E-state index contributed by atoms with van der Waals surface area (Å²) in [7, 11) is 0. The van der Waals surface area contributed by atoms with Gasteiger partial charge in [-0.3, -0.25) is 4.79 Å². The van der Waals surface area contributed by atoms with Crippen LogP contribution in [0.1, 0.15) is 10.4 Å². The lowest BCUT2D eigenvalue weighted by molar-refractivity contribution is 0.0698. The molecule has 0 saturated carbocycles. The number of hydrogen-bond donors (Lipinski definition) is 2. The fraction of sp³-hybridized carbons (Fsp3) is 0.0909. The van der Waals surface area contributed by atoms with Crippen molar-refractivity contribution in [2.45, 2.75) is 6.54 Å². The second-order valence-corrected chi connectivity index (χ2v) is 3.36. The van der Waals surface area contributed by atoms with Gasteiger partial charge in [0.15, 0.2) is 0 Å². The van der Waals surface area contributed by atoms with E-state index >= 15 is 0 Å². The van der Waals surface area contributed by atoms with Gasteiger partial charge in [0.1, 0.15) is 5.52 Å². The minimum absolute atomic E-state index is 0.109. The van der Waals surface area contributed by atoms with Crippen molar-refractivity contribution in [3.8, 4) is 0 Å². The molecule has 82 valence electrons. The number of carbonyl (C=O) groups is 1. The van der Waals surface area contributed by atoms with E-state index in [0.717, 1.165) is 0 Å². The molecule has 2 aromatic heterocycles. The zero-order valence-electron chi connectivity index (χ0n) is 8.43. The van der Waals surface area contributed by atoms with E-state index in [2.05, 4.69) is 11.6 Å². The summed E-state index contributed by atoms with van der Waals surface area (Å²) in [5, 5.41) is 9.46. The van der Waals surface area contributed by atoms with Gasteiger partial charge in [0, 0.05) is 24.3 Å². The average Bonchev–Trinajstić information content (AvgIpc) is 2.71. The molecule has 16 heavy (non-hydrogen) atoms. The monoisotopic (exact) mass is 218 g/mol. The minimum Gasteiger partial charge on any atom is -0.478 e. The second kappa shape index (κ2) is 3.69. The zero-order valence-corrected chi connectivity index (χ0v) is 8.43. The maximum absolute atomic E-state index is 11.8. The molecule has 0 bridgehead atoms. The topological polar surface area (TPSA) is 75.1 Å². The van der Waals surface area contributed by atoms with E-state index in [9.17, 15) is 9.59 Å². The number of rotatable bonds is 3. The number of carboxylic acid groups (broad SMARTS) is 1. The van der Waals surface area contributed by atoms with Crippen molar-refractivity contribution < 1.29 is 9.90 Å². The number of aromatic carboxylic acids is 1. The van der Waals surface area contributed by atoms with Crippen LogP contribution in [0.4, 0.5) is 0 Å². The Balaban J connectivity index is 2.85. The predicted molar refractivity (Wildman–Crippen MR) is 59.7 cm³/mol. The van der Waals surface area contributed by atoms with Crippen molar-refractivity contribution in [1.29, 1.82) is 0 Å². The Morgan fingerprint density at radius 2 is 2.38 bits per heavy atom. The lowest BCUT2D eigenvalue weighted by Gasteiger charge is -2.04. The summed E-state index contributed by atoms with van der Waals surface area (Å²) in [5.74, 6) is -1.05. The van der Waals surface area contributed by atoms with E-state index in [1.165, 1.54) is 10.8 Å². The van der Waals surface area contributed by atoms with Crippen LogP contribution in [0.25, 0.3) is 10.9 Å². The molecule has 2 aromatic rings. The van der Waals surface area contributed by atoms with Crippen molar-refractivity contribution in [2.24, 2.45) is 0 Å². The molecule has 2 N–H and O–H groups in total. The predicted octanol–water partition coefficient (Wildman–Crippen LogP) is 1.21. The van der Waals surface area contributed by atoms with Crippen LogP contribution in [0, 0.1) is 0 Å². The summed E-state index contributed by atoms with van der Waals surface area (Å²) >= 11 is 0. The van der Waals surface area contributed by atoms with E-state index in [1.54, 1.807) is 18.3 Å². The molecule has 0 unspecified atom stereocenters. The van der Waals surface area contributed by atoms with E-state index in [-0.39, 0.29) is 17.7 Å².